The Bertz CT molecular complexity index is 951. The standard InChI is InChI=1S/C16H19ClN4O4S2/c1-5-25-12-7-6-10(8-13(12)27(23,24)21(2)3)19-15(22)14-11(17)9-18-16(20-14)26-4/h6-9H,5H2,1-4H3,(H,19,22). The van der Waals surface area contributed by atoms with Gasteiger partial charge in [-0.1, -0.05) is 23.4 Å². The number of benzene rings is 1. The molecule has 0 saturated heterocycles. The average molecular weight is 431 g/mol. The fourth-order valence-corrected chi connectivity index (χ4v) is 3.63. The van der Waals surface area contributed by atoms with Crippen LogP contribution >= 0.6 is 23.4 Å². The lowest BCUT2D eigenvalue weighted by Gasteiger charge is -2.16. The van der Waals surface area contributed by atoms with Crippen LogP contribution < -0.4 is 10.1 Å². The first kappa shape index (κ1) is 21.4. The maximum atomic E-state index is 12.6. The molecule has 11 heteroatoms. The molecule has 0 spiro atoms. The lowest BCUT2D eigenvalue weighted by atomic mass is 10.3. The number of ether oxygens (including phenoxy) is 1. The number of carbonyl (C=O) groups excluding carboxylic acids is 1. The molecule has 0 atom stereocenters. The average Bonchev–Trinajstić information content (AvgIpc) is 2.63. The summed E-state index contributed by atoms with van der Waals surface area (Å²) in [5.41, 5.74) is 0.270. The zero-order chi connectivity index (χ0) is 20.2. The summed E-state index contributed by atoms with van der Waals surface area (Å²) in [6, 6.07) is 4.37. The van der Waals surface area contributed by atoms with E-state index in [0.29, 0.717) is 11.8 Å². The summed E-state index contributed by atoms with van der Waals surface area (Å²) in [5.74, 6) is -0.371. The zero-order valence-corrected chi connectivity index (χ0v) is 17.6. The molecule has 0 aliphatic rings. The molecule has 0 bridgehead atoms. The van der Waals surface area contributed by atoms with E-state index in [1.165, 1.54) is 44.2 Å². The molecule has 1 amide bonds. The topological polar surface area (TPSA) is 101 Å². The van der Waals surface area contributed by atoms with Gasteiger partial charge in [-0.25, -0.2) is 22.7 Å². The summed E-state index contributed by atoms with van der Waals surface area (Å²) in [7, 11) is -0.934. The van der Waals surface area contributed by atoms with Crippen LogP contribution in [0.15, 0.2) is 34.4 Å². The van der Waals surface area contributed by atoms with Gasteiger partial charge in [0.25, 0.3) is 5.91 Å². The van der Waals surface area contributed by atoms with Gasteiger partial charge in [0.15, 0.2) is 10.9 Å². The fraction of sp³-hybridized carbons (Fsp3) is 0.312. The second-order valence-corrected chi connectivity index (χ2v) is 8.69. The highest BCUT2D eigenvalue weighted by atomic mass is 35.5. The Morgan fingerprint density at radius 1 is 1.37 bits per heavy atom. The van der Waals surface area contributed by atoms with Crippen LogP contribution in [0.25, 0.3) is 0 Å². The summed E-state index contributed by atoms with van der Waals surface area (Å²) in [5, 5.41) is 3.10. The summed E-state index contributed by atoms with van der Waals surface area (Å²) >= 11 is 7.28. The third-order valence-corrected chi connectivity index (χ3v) is 6.05. The van der Waals surface area contributed by atoms with E-state index >= 15 is 0 Å². The highest BCUT2D eigenvalue weighted by Gasteiger charge is 2.24. The first-order chi connectivity index (χ1) is 12.7. The van der Waals surface area contributed by atoms with Crippen molar-refractivity contribution in [1.82, 2.24) is 14.3 Å². The molecule has 27 heavy (non-hydrogen) atoms. The van der Waals surface area contributed by atoms with Crippen LogP contribution in [0.2, 0.25) is 5.02 Å². The number of halogens is 1. The van der Waals surface area contributed by atoms with E-state index in [0.717, 1.165) is 4.31 Å². The van der Waals surface area contributed by atoms with E-state index in [4.69, 9.17) is 16.3 Å². The summed E-state index contributed by atoms with van der Waals surface area (Å²) in [6.07, 6.45) is 3.12. The van der Waals surface area contributed by atoms with Gasteiger partial charge in [0.2, 0.25) is 10.0 Å². The van der Waals surface area contributed by atoms with Crippen LogP contribution in [0.1, 0.15) is 17.4 Å². The highest BCUT2D eigenvalue weighted by Crippen LogP contribution is 2.29. The molecule has 1 aromatic heterocycles. The third kappa shape index (κ3) is 4.89. The molecule has 0 unspecified atom stereocenters. The molecule has 1 N–H and O–H groups in total. The number of anilines is 1. The second-order valence-electron chi connectivity index (χ2n) is 5.39. The van der Waals surface area contributed by atoms with Crippen molar-refractivity contribution in [1.29, 1.82) is 0 Å². The predicted molar refractivity (Wildman–Crippen MR) is 105 cm³/mol. The van der Waals surface area contributed by atoms with Gasteiger partial charge in [-0.15, -0.1) is 0 Å². The van der Waals surface area contributed by atoms with E-state index in [-0.39, 0.29) is 27.0 Å². The number of rotatable bonds is 7. The molecular weight excluding hydrogens is 412 g/mol. The van der Waals surface area contributed by atoms with Crippen molar-refractivity contribution >= 4 is 45.0 Å². The Kier molecular flexibility index (Phi) is 7.04. The molecule has 0 fully saturated rings. The Morgan fingerprint density at radius 3 is 2.67 bits per heavy atom. The van der Waals surface area contributed by atoms with Crippen LogP contribution in [0.5, 0.6) is 5.75 Å². The summed E-state index contributed by atoms with van der Waals surface area (Å²) < 4.78 is 31.6. The summed E-state index contributed by atoms with van der Waals surface area (Å²) in [6.45, 7) is 2.05. The van der Waals surface area contributed by atoms with Gasteiger partial charge >= 0.3 is 0 Å². The Morgan fingerprint density at radius 2 is 2.07 bits per heavy atom. The number of carbonyl (C=O) groups is 1. The molecule has 8 nitrogen and oxygen atoms in total. The van der Waals surface area contributed by atoms with Gasteiger partial charge in [-0.2, -0.15) is 0 Å². The molecule has 0 aliphatic heterocycles. The molecule has 0 aliphatic carbocycles. The number of hydrogen-bond acceptors (Lipinski definition) is 7. The van der Waals surface area contributed by atoms with Crippen LogP contribution in [-0.4, -0.2) is 55.6 Å². The van der Waals surface area contributed by atoms with E-state index in [1.807, 2.05) is 0 Å². The van der Waals surface area contributed by atoms with Crippen molar-refractivity contribution in [3.8, 4) is 5.75 Å². The minimum atomic E-state index is -3.77. The van der Waals surface area contributed by atoms with E-state index in [9.17, 15) is 13.2 Å². The van der Waals surface area contributed by atoms with Crippen molar-refractivity contribution in [2.45, 2.75) is 17.0 Å². The SMILES string of the molecule is CCOc1ccc(NC(=O)c2nc(SC)ncc2Cl)cc1S(=O)(=O)N(C)C. The van der Waals surface area contributed by atoms with E-state index < -0.39 is 15.9 Å². The Balaban J connectivity index is 2.41. The number of hydrogen-bond donors (Lipinski definition) is 1. The Hall–Kier alpha value is -1.88. The lowest BCUT2D eigenvalue weighted by Crippen LogP contribution is -2.23. The monoisotopic (exact) mass is 430 g/mol. The van der Waals surface area contributed by atoms with Gasteiger partial charge in [-0.05, 0) is 31.4 Å². The fourth-order valence-electron chi connectivity index (χ4n) is 2.06. The number of aromatic nitrogens is 2. The summed E-state index contributed by atoms with van der Waals surface area (Å²) in [4.78, 5) is 20.5. The second kappa shape index (κ2) is 8.87. The van der Waals surface area contributed by atoms with E-state index in [1.54, 1.807) is 19.2 Å². The third-order valence-electron chi connectivity index (χ3n) is 3.38. The van der Waals surface area contributed by atoms with Crippen molar-refractivity contribution in [2.75, 3.05) is 32.3 Å². The zero-order valence-electron chi connectivity index (χ0n) is 15.2. The van der Waals surface area contributed by atoms with Gasteiger partial charge in [0.05, 0.1) is 17.8 Å². The van der Waals surface area contributed by atoms with Gasteiger partial charge in [-0.3, -0.25) is 4.79 Å². The maximum absolute atomic E-state index is 12.6. The van der Waals surface area contributed by atoms with E-state index in [2.05, 4.69) is 15.3 Å². The quantitative estimate of drug-likeness (QED) is 0.532. The van der Waals surface area contributed by atoms with Crippen molar-refractivity contribution in [3.63, 3.8) is 0 Å². The largest absolute Gasteiger partial charge is 0.492 e. The van der Waals surface area contributed by atoms with Crippen LogP contribution in [-0.2, 0) is 10.0 Å². The van der Waals surface area contributed by atoms with Crippen LogP contribution in [0, 0.1) is 0 Å². The number of nitrogens with one attached hydrogen (secondary N) is 1. The number of nitrogens with zero attached hydrogens (tertiary/aromatic N) is 3. The number of thioether (sulfide) groups is 1. The van der Waals surface area contributed by atoms with Crippen LogP contribution in [0.3, 0.4) is 0 Å². The molecule has 1 heterocycles. The molecule has 2 aromatic rings. The minimum Gasteiger partial charge on any atom is -0.492 e. The van der Waals surface area contributed by atoms with Crippen LogP contribution in [0.4, 0.5) is 5.69 Å². The molecule has 0 radical (unpaired) electrons. The normalized spacial score (nSPS) is 11.5. The Labute approximate surface area is 167 Å². The number of sulfonamides is 1. The maximum Gasteiger partial charge on any atom is 0.275 e. The first-order valence-corrected chi connectivity index (χ1v) is 10.8. The lowest BCUT2D eigenvalue weighted by molar-refractivity contribution is 0.102. The predicted octanol–water partition coefficient (Wildman–Crippen LogP) is 2.75. The first-order valence-electron chi connectivity index (χ1n) is 7.78. The minimum absolute atomic E-state index is 0.00178. The molecular formula is C16H19ClN4O4S2. The highest BCUT2D eigenvalue weighted by molar-refractivity contribution is 7.98. The van der Waals surface area contributed by atoms with Gasteiger partial charge in [0, 0.05) is 19.8 Å². The smallest absolute Gasteiger partial charge is 0.275 e. The number of amides is 1. The van der Waals surface area contributed by atoms with Crippen molar-refractivity contribution < 1.29 is 17.9 Å². The van der Waals surface area contributed by atoms with Gasteiger partial charge in [0.1, 0.15) is 10.6 Å². The van der Waals surface area contributed by atoms with Gasteiger partial charge < -0.3 is 10.1 Å². The van der Waals surface area contributed by atoms with Crippen molar-refractivity contribution in [3.05, 3.63) is 35.1 Å². The molecule has 1 aromatic carbocycles. The molecule has 2 rings (SSSR count). The van der Waals surface area contributed by atoms with Crippen molar-refractivity contribution in [2.24, 2.45) is 0 Å². The molecule has 146 valence electrons. The molecule has 0 saturated carbocycles.